The third kappa shape index (κ3) is 5.17. The summed E-state index contributed by atoms with van der Waals surface area (Å²) in [6.45, 7) is 0.868. The average Bonchev–Trinajstić information content (AvgIpc) is 3.22. The number of amides is 3. The maximum Gasteiger partial charge on any atom is 0.352 e. The van der Waals surface area contributed by atoms with E-state index < -0.39 is 10.9 Å². The summed E-state index contributed by atoms with van der Waals surface area (Å²) in [5.74, 6) is -0.0549. The lowest BCUT2D eigenvalue weighted by Crippen LogP contribution is -2.26. The van der Waals surface area contributed by atoms with Crippen LogP contribution in [0.15, 0.2) is 10.4 Å². The van der Waals surface area contributed by atoms with Crippen LogP contribution in [0.3, 0.4) is 0 Å². The number of anilines is 1. The maximum atomic E-state index is 12.5. The third-order valence-electron chi connectivity index (χ3n) is 5.20. The Morgan fingerprint density at radius 3 is 2.33 bits per heavy atom. The van der Waals surface area contributed by atoms with Gasteiger partial charge in [0.05, 0.1) is 0 Å². The number of urea groups is 1. The molecule has 0 bridgehead atoms. The van der Waals surface area contributed by atoms with E-state index in [1.807, 2.05) is 19.0 Å². The first-order valence-electron chi connectivity index (χ1n) is 9.73. The highest BCUT2D eigenvalue weighted by molar-refractivity contribution is 7.85. The standard InChI is InChI=1S/C20H30N4O2S/c1-24(2)12-6-11-18(25)22-27(3)23-20(26)21-19-16-9-4-7-14(16)13-15-8-5-10-17(15)19/h13H,4-12H2,1-3H3,(H2,21,22,23,25,26). The molecule has 2 aliphatic carbocycles. The van der Waals surface area contributed by atoms with Gasteiger partial charge in [-0.3, -0.25) is 9.52 Å². The number of nitrogens with one attached hydrogen (secondary N) is 2. The van der Waals surface area contributed by atoms with Crippen molar-refractivity contribution in [2.24, 2.45) is 4.36 Å². The second-order valence-corrected chi connectivity index (χ2v) is 9.01. The minimum atomic E-state index is -0.815. The predicted molar refractivity (Wildman–Crippen MR) is 111 cm³/mol. The van der Waals surface area contributed by atoms with Crippen LogP contribution < -0.4 is 10.0 Å². The molecule has 148 valence electrons. The van der Waals surface area contributed by atoms with E-state index in [4.69, 9.17) is 0 Å². The first kappa shape index (κ1) is 20.0. The van der Waals surface area contributed by atoms with Crippen LogP contribution in [0.25, 0.3) is 0 Å². The van der Waals surface area contributed by atoms with Crippen LogP contribution in [-0.2, 0) is 41.4 Å². The number of carbonyl (C=O) groups excluding carboxylic acids is 2. The Labute approximate surface area is 164 Å². The minimum Gasteiger partial charge on any atom is -0.309 e. The Kier molecular flexibility index (Phi) is 6.65. The van der Waals surface area contributed by atoms with E-state index in [9.17, 15) is 9.59 Å². The van der Waals surface area contributed by atoms with Crippen molar-refractivity contribution in [3.63, 3.8) is 0 Å². The van der Waals surface area contributed by atoms with E-state index in [-0.39, 0.29) is 11.9 Å². The molecule has 0 spiro atoms. The molecule has 0 saturated heterocycles. The van der Waals surface area contributed by atoms with Gasteiger partial charge in [0.2, 0.25) is 5.91 Å². The van der Waals surface area contributed by atoms with Crippen molar-refractivity contribution >= 4 is 28.5 Å². The van der Waals surface area contributed by atoms with Crippen LogP contribution in [0.4, 0.5) is 10.5 Å². The van der Waals surface area contributed by atoms with Gasteiger partial charge in [0.25, 0.3) is 0 Å². The van der Waals surface area contributed by atoms with Gasteiger partial charge in [0.15, 0.2) is 0 Å². The van der Waals surface area contributed by atoms with Crippen molar-refractivity contribution < 1.29 is 9.59 Å². The molecule has 3 rings (SSSR count). The molecule has 0 fully saturated rings. The molecule has 0 radical (unpaired) electrons. The van der Waals surface area contributed by atoms with E-state index in [1.54, 1.807) is 6.26 Å². The normalized spacial score (nSPS) is 16.3. The number of nitrogens with zero attached hydrogens (tertiary/aromatic N) is 2. The van der Waals surface area contributed by atoms with Crippen molar-refractivity contribution in [3.05, 3.63) is 28.3 Å². The van der Waals surface area contributed by atoms with Crippen molar-refractivity contribution in [1.29, 1.82) is 0 Å². The predicted octanol–water partition coefficient (Wildman–Crippen LogP) is 3.00. The highest BCUT2D eigenvalue weighted by Crippen LogP contribution is 2.38. The third-order valence-corrected chi connectivity index (χ3v) is 6.16. The highest BCUT2D eigenvalue weighted by atomic mass is 32.2. The summed E-state index contributed by atoms with van der Waals surface area (Å²) in [6, 6.07) is 1.99. The molecule has 0 heterocycles. The van der Waals surface area contributed by atoms with E-state index >= 15 is 0 Å². The zero-order valence-corrected chi connectivity index (χ0v) is 17.4. The lowest BCUT2D eigenvalue weighted by Gasteiger charge is -2.15. The van der Waals surface area contributed by atoms with Gasteiger partial charge in [-0.25, -0.2) is 4.79 Å². The van der Waals surface area contributed by atoms with Gasteiger partial charge in [-0.1, -0.05) is 6.07 Å². The van der Waals surface area contributed by atoms with Gasteiger partial charge in [-0.2, -0.15) is 4.36 Å². The minimum absolute atomic E-state index is 0.0549. The van der Waals surface area contributed by atoms with Gasteiger partial charge in [-0.05, 0) is 87.8 Å². The number of hydrogen-bond acceptors (Lipinski definition) is 3. The van der Waals surface area contributed by atoms with Crippen LogP contribution >= 0.6 is 0 Å². The van der Waals surface area contributed by atoms with Crippen molar-refractivity contribution in [2.45, 2.75) is 51.4 Å². The van der Waals surface area contributed by atoms with Crippen LogP contribution in [0.2, 0.25) is 0 Å². The van der Waals surface area contributed by atoms with Crippen LogP contribution in [0.1, 0.15) is 47.9 Å². The number of hydrogen-bond donors (Lipinski definition) is 2. The SMILES string of the molecule is CN(C)CCCC(=O)NS(C)=NC(=O)Nc1c2c(cc3c1CCC3)CCC2. The molecular weight excluding hydrogens is 360 g/mol. The summed E-state index contributed by atoms with van der Waals surface area (Å²) in [4.78, 5) is 26.5. The summed E-state index contributed by atoms with van der Waals surface area (Å²) < 4.78 is 6.96. The number of aryl methyl sites for hydroxylation is 2. The van der Waals surface area contributed by atoms with Crippen molar-refractivity contribution in [3.8, 4) is 0 Å². The van der Waals surface area contributed by atoms with Gasteiger partial charge in [0.1, 0.15) is 0 Å². The number of rotatable bonds is 6. The Bertz CT molecular complexity index is 741. The molecule has 3 amide bonds. The van der Waals surface area contributed by atoms with E-state index in [2.05, 4.69) is 20.5 Å². The Morgan fingerprint density at radius 1 is 1.11 bits per heavy atom. The lowest BCUT2D eigenvalue weighted by atomic mass is 9.99. The monoisotopic (exact) mass is 390 g/mol. The highest BCUT2D eigenvalue weighted by Gasteiger charge is 2.24. The molecule has 27 heavy (non-hydrogen) atoms. The van der Waals surface area contributed by atoms with Crippen LogP contribution in [-0.4, -0.2) is 43.7 Å². The van der Waals surface area contributed by atoms with Crippen molar-refractivity contribution in [2.75, 3.05) is 32.2 Å². The number of benzene rings is 1. The molecule has 1 unspecified atom stereocenters. The van der Waals surface area contributed by atoms with Crippen LogP contribution in [0.5, 0.6) is 0 Å². The fourth-order valence-corrected chi connectivity index (χ4v) is 4.79. The Hall–Kier alpha value is -1.73. The van der Waals surface area contributed by atoms with E-state index in [1.165, 1.54) is 22.3 Å². The molecule has 2 aliphatic rings. The Morgan fingerprint density at radius 2 is 1.74 bits per heavy atom. The summed E-state index contributed by atoms with van der Waals surface area (Å²) in [6.07, 6.45) is 9.57. The average molecular weight is 391 g/mol. The molecule has 7 heteroatoms. The van der Waals surface area contributed by atoms with Crippen molar-refractivity contribution in [1.82, 2.24) is 9.62 Å². The molecule has 1 aromatic carbocycles. The number of fused-ring (bicyclic) bond motifs is 2. The summed E-state index contributed by atoms with van der Waals surface area (Å²) >= 11 is 0. The molecule has 0 saturated carbocycles. The van der Waals surface area contributed by atoms with Gasteiger partial charge in [0, 0.05) is 29.2 Å². The largest absolute Gasteiger partial charge is 0.352 e. The molecule has 0 aromatic heterocycles. The Balaban J connectivity index is 1.63. The molecular formula is C20H30N4O2S. The second-order valence-electron chi connectivity index (χ2n) is 7.67. The smallest absolute Gasteiger partial charge is 0.309 e. The topological polar surface area (TPSA) is 73.8 Å². The summed E-state index contributed by atoms with van der Waals surface area (Å²) in [5, 5.41) is 3.05. The molecule has 1 aromatic rings. The van der Waals surface area contributed by atoms with Crippen LogP contribution in [0, 0.1) is 0 Å². The first-order chi connectivity index (χ1) is 12.9. The number of carbonyl (C=O) groups is 2. The molecule has 2 N–H and O–H groups in total. The molecule has 0 aliphatic heterocycles. The molecule has 6 nitrogen and oxygen atoms in total. The lowest BCUT2D eigenvalue weighted by molar-refractivity contribution is -0.119. The zero-order chi connectivity index (χ0) is 19.4. The van der Waals surface area contributed by atoms with Gasteiger partial charge >= 0.3 is 6.03 Å². The van der Waals surface area contributed by atoms with Gasteiger partial charge in [-0.15, -0.1) is 0 Å². The fourth-order valence-electron chi connectivity index (χ4n) is 4.02. The first-order valence-corrected chi connectivity index (χ1v) is 11.3. The van der Waals surface area contributed by atoms with E-state index in [0.717, 1.165) is 57.2 Å². The summed E-state index contributed by atoms with van der Waals surface area (Å²) in [7, 11) is 3.16. The van der Waals surface area contributed by atoms with Gasteiger partial charge < -0.3 is 10.2 Å². The summed E-state index contributed by atoms with van der Waals surface area (Å²) in [5.41, 5.74) is 6.36. The second kappa shape index (κ2) is 8.97. The quantitative estimate of drug-likeness (QED) is 0.784. The molecule has 1 atom stereocenters. The van der Waals surface area contributed by atoms with E-state index in [0.29, 0.717) is 6.42 Å². The fraction of sp³-hybridized carbons (Fsp3) is 0.600. The maximum absolute atomic E-state index is 12.5. The zero-order valence-electron chi connectivity index (χ0n) is 16.6.